The highest BCUT2D eigenvalue weighted by atomic mass is 79.9. The summed E-state index contributed by atoms with van der Waals surface area (Å²) in [6.45, 7) is 0.0510. The van der Waals surface area contributed by atoms with Crippen molar-refractivity contribution in [3.63, 3.8) is 0 Å². The predicted octanol–water partition coefficient (Wildman–Crippen LogP) is 2.32. The lowest BCUT2D eigenvalue weighted by molar-refractivity contribution is 0.305. The summed E-state index contributed by atoms with van der Waals surface area (Å²) in [5, 5.41) is 8.47. The lowest BCUT2D eigenvalue weighted by atomic mass is 10.2. The molecule has 68 valence electrons. The molecule has 1 nitrogen and oxygen atoms in total. The molecule has 1 aromatic rings. The van der Waals surface area contributed by atoms with Gasteiger partial charge in [-0.15, -0.1) is 0 Å². The van der Waals surface area contributed by atoms with Gasteiger partial charge in [-0.05, 0) is 34.1 Å². The van der Waals surface area contributed by atoms with Crippen LogP contribution in [0, 0.1) is 17.7 Å². The number of benzene rings is 1. The Morgan fingerprint density at radius 3 is 2.85 bits per heavy atom. The van der Waals surface area contributed by atoms with E-state index in [0.29, 0.717) is 10.9 Å². The SMILES string of the molecule is OCCC#Cc1ccc(F)c(Br)c1. The maximum Gasteiger partial charge on any atom is 0.137 e. The Balaban J connectivity index is 2.81. The van der Waals surface area contributed by atoms with E-state index in [1.54, 1.807) is 12.1 Å². The molecule has 0 aliphatic heterocycles. The van der Waals surface area contributed by atoms with E-state index in [1.807, 2.05) is 0 Å². The van der Waals surface area contributed by atoms with Crippen molar-refractivity contribution in [2.24, 2.45) is 0 Å². The largest absolute Gasteiger partial charge is 0.395 e. The predicted molar refractivity (Wildman–Crippen MR) is 52.7 cm³/mol. The third kappa shape index (κ3) is 3.17. The molecule has 13 heavy (non-hydrogen) atoms. The highest BCUT2D eigenvalue weighted by molar-refractivity contribution is 9.10. The number of rotatable bonds is 1. The lowest BCUT2D eigenvalue weighted by Gasteiger charge is -1.93. The van der Waals surface area contributed by atoms with Crippen molar-refractivity contribution in [3.8, 4) is 11.8 Å². The lowest BCUT2D eigenvalue weighted by Crippen LogP contribution is -1.81. The molecule has 0 fully saturated rings. The van der Waals surface area contributed by atoms with Crippen molar-refractivity contribution < 1.29 is 9.50 Å². The zero-order valence-corrected chi connectivity index (χ0v) is 8.44. The fourth-order valence-corrected chi connectivity index (χ4v) is 1.17. The van der Waals surface area contributed by atoms with Gasteiger partial charge in [0.2, 0.25) is 0 Å². The molecule has 1 rings (SSSR count). The minimum Gasteiger partial charge on any atom is -0.395 e. The van der Waals surface area contributed by atoms with Crippen molar-refractivity contribution in [3.05, 3.63) is 34.1 Å². The van der Waals surface area contributed by atoms with Gasteiger partial charge in [-0.2, -0.15) is 0 Å². The Bertz CT molecular complexity index is 352. The number of aliphatic hydroxyl groups excluding tert-OH is 1. The second-order valence-electron chi connectivity index (χ2n) is 2.40. The third-order valence-corrected chi connectivity index (χ3v) is 2.00. The highest BCUT2D eigenvalue weighted by Gasteiger charge is 1.97. The maximum atomic E-state index is 12.8. The molecular formula is C10H8BrFO. The van der Waals surface area contributed by atoms with Crippen LogP contribution in [0.4, 0.5) is 4.39 Å². The van der Waals surface area contributed by atoms with Crippen LogP contribution >= 0.6 is 15.9 Å². The molecule has 0 radical (unpaired) electrons. The topological polar surface area (TPSA) is 20.2 Å². The van der Waals surface area contributed by atoms with Gasteiger partial charge in [0.1, 0.15) is 5.82 Å². The van der Waals surface area contributed by atoms with E-state index in [4.69, 9.17) is 5.11 Å². The molecule has 0 aromatic heterocycles. The molecule has 0 saturated carbocycles. The van der Waals surface area contributed by atoms with E-state index >= 15 is 0 Å². The standard InChI is InChI=1S/C10H8BrFO/c11-9-7-8(3-1-2-6-13)4-5-10(9)12/h4-5,7,13H,2,6H2. The molecule has 0 saturated heterocycles. The quantitative estimate of drug-likeness (QED) is 0.750. The third-order valence-electron chi connectivity index (χ3n) is 1.39. The fraction of sp³-hybridized carbons (Fsp3) is 0.200. The first kappa shape index (κ1) is 10.2. The highest BCUT2D eigenvalue weighted by Crippen LogP contribution is 2.15. The van der Waals surface area contributed by atoms with Crippen molar-refractivity contribution in [2.75, 3.05) is 6.61 Å². The van der Waals surface area contributed by atoms with Crippen LogP contribution in [0.25, 0.3) is 0 Å². The van der Waals surface area contributed by atoms with Crippen LogP contribution in [0.1, 0.15) is 12.0 Å². The zero-order chi connectivity index (χ0) is 9.68. The molecule has 0 unspecified atom stereocenters. The summed E-state index contributed by atoms with van der Waals surface area (Å²) >= 11 is 3.06. The van der Waals surface area contributed by atoms with Crippen molar-refractivity contribution in [1.29, 1.82) is 0 Å². The molecule has 0 amide bonds. The first-order valence-electron chi connectivity index (χ1n) is 3.79. The van der Waals surface area contributed by atoms with Crippen LogP contribution < -0.4 is 0 Å². The molecule has 3 heteroatoms. The minimum atomic E-state index is -0.298. The van der Waals surface area contributed by atoms with Gasteiger partial charge in [-0.3, -0.25) is 0 Å². The molecule has 0 aliphatic carbocycles. The summed E-state index contributed by atoms with van der Waals surface area (Å²) in [6.07, 6.45) is 0.439. The summed E-state index contributed by atoms with van der Waals surface area (Å²) in [4.78, 5) is 0. The van der Waals surface area contributed by atoms with Crippen molar-refractivity contribution >= 4 is 15.9 Å². The Morgan fingerprint density at radius 1 is 1.46 bits per heavy atom. The van der Waals surface area contributed by atoms with E-state index in [-0.39, 0.29) is 12.4 Å². The van der Waals surface area contributed by atoms with Gasteiger partial charge in [-0.1, -0.05) is 11.8 Å². The van der Waals surface area contributed by atoms with Gasteiger partial charge in [0.05, 0.1) is 11.1 Å². The van der Waals surface area contributed by atoms with Crippen molar-refractivity contribution in [2.45, 2.75) is 6.42 Å². The smallest absolute Gasteiger partial charge is 0.137 e. The van der Waals surface area contributed by atoms with Gasteiger partial charge in [0.15, 0.2) is 0 Å². The van der Waals surface area contributed by atoms with E-state index in [0.717, 1.165) is 5.56 Å². The number of halogens is 2. The van der Waals surface area contributed by atoms with Crippen LogP contribution in [0.3, 0.4) is 0 Å². The summed E-state index contributed by atoms with van der Waals surface area (Å²) in [7, 11) is 0. The van der Waals surface area contributed by atoms with E-state index in [1.165, 1.54) is 6.07 Å². The summed E-state index contributed by atoms with van der Waals surface area (Å²) in [6, 6.07) is 4.57. The van der Waals surface area contributed by atoms with Crippen LogP contribution in [-0.4, -0.2) is 11.7 Å². The molecule has 0 bridgehead atoms. The van der Waals surface area contributed by atoms with Gasteiger partial charge in [0.25, 0.3) is 0 Å². The molecule has 0 heterocycles. The Morgan fingerprint density at radius 2 is 2.23 bits per heavy atom. The van der Waals surface area contributed by atoms with Gasteiger partial charge < -0.3 is 5.11 Å². The average Bonchev–Trinajstić information content (AvgIpc) is 2.12. The molecule has 1 aromatic carbocycles. The van der Waals surface area contributed by atoms with Gasteiger partial charge >= 0.3 is 0 Å². The molecule has 0 atom stereocenters. The summed E-state index contributed by atoms with van der Waals surface area (Å²) in [5.74, 6) is 5.26. The first-order chi connectivity index (χ1) is 6.24. The fourth-order valence-electron chi connectivity index (χ4n) is 0.794. The summed E-state index contributed by atoms with van der Waals surface area (Å²) < 4.78 is 13.2. The van der Waals surface area contributed by atoms with Crippen LogP contribution in [0.15, 0.2) is 22.7 Å². The van der Waals surface area contributed by atoms with Crippen molar-refractivity contribution in [1.82, 2.24) is 0 Å². The monoisotopic (exact) mass is 242 g/mol. The summed E-state index contributed by atoms with van der Waals surface area (Å²) in [5.41, 5.74) is 0.738. The van der Waals surface area contributed by atoms with E-state index < -0.39 is 0 Å². The van der Waals surface area contributed by atoms with Gasteiger partial charge in [0, 0.05) is 12.0 Å². The second kappa shape index (κ2) is 5.00. The van der Waals surface area contributed by atoms with Crippen LogP contribution in [-0.2, 0) is 0 Å². The molecule has 1 N–H and O–H groups in total. The Kier molecular flexibility index (Phi) is 3.94. The molecule has 0 aliphatic rings. The number of hydrogen-bond donors (Lipinski definition) is 1. The zero-order valence-electron chi connectivity index (χ0n) is 6.85. The van der Waals surface area contributed by atoms with E-state index in [2.05, 4.69) is 27.8 Å². The van der Waals surface area contributed by atoms with Crippen LogP contribution in [0.5, 0.6) is 0 Å². The maximum absolute atomic E-state index is 12.8. The van der Waals surface area contributed by atoms with Gasteiger partial charge in [-0.25, -0.2) is 4.39 Å². The molecular weight excluding hydrogens is 235 g/mol. The first-order valence-corrected chi connectivity index (χ1v) is 4.58. The van der Waals surface area contributed by atoms with Crippen LogP contribution in [0.2, 0.25) is 0 Å². The normalized spacial score (nSPS) is 9.15. The second-order valence-corrected chi connectivity index (χ2v) is 3.26. The Labute approximate surface area is 84.7 Å². The average molecular weight is 243 g/mol. The van der Waals surface area contributed by atoms with E-state index in [9.17, 15) is 4.39 Å². The number of aliphatic hydroxyl groups is 1. The Hall–Kier alpha value is -0.850. The minimum absolute atomic E-state index is 0.0510. The molecule has 0 spiro atoms. The number of hydrogen-bond acceptors (Lipinski definition) is 1.